The van der Waals surface area contributed by atoms with Gasteiger partial charge in [-0.2, -0.15) is 11.8 Å². The molecule has 2 heterocycles. The first-order valence-corrected chi connectivity index (χ1v) is 6.75. The summed E-state index contributed by atoms with van der Waals surface area (Å²) in [4.78, 5) is 6.69. The maximum absolute atomic E-state index is 5.68. The molecule has 16 heavy (non-hydrogen) atoms. The van der Waals surface area contributed by atoms with E-state index in [4.69, 9.17) is 5.73 Å². The van der Waals surface area contributed by atoms with Crippen molar-refractivity contribution >= 4 is 23.3 Å². The zero-order valence-electron chi connectivity index (χ0n) is 9.35. The van der Waals surface area contributed by atoms with Gasteiger partial charge in [0.1, 0.15) is 5.82 Å². The van der Waals surface area contributed by atoms with Crippen LogP contribution in [0.5, 0.6) is 0 Å². The number of hydrogen-bond acceptors (Lipinski definition) is 5. The lowest BCUT2D eigenvalue weighted by atomic mass is 10.4. The number of rotatable bonds is 4. The maximum atomic E-state index is 5.68. The fraction of sp³-hybridized carbons (Fsp3) is 0.545. The molecule has 0 aromatic carbocycles. The zero-order valence-corrected chi connectivity index (χ0v) is 10.2. The molecule has 0 aliphatic carbocycles. The average molecular weight is 238 g/mol. The highest BCUT2D eigenvalue weighted by atomic mass is 32.2. The van der Waals surface area contributed by atoms with Crippen LogP contribution in [-0.2, 0) is 0 Å². The van der Waals surface area contributed by atoms with Gasteiger partial charge in [0.2, 0.25) is 0 Å². The van der Waals surface area contributed by atoms with E-state index >= 15 is 0 Å². The Kier molecular flexibility index (Phi) is 4.30. The highest BCUT2D eigenvalue weighted by Crippen LogP contribution is 2.09. The van der Waals surface area contributed by atoms with Gasteiger partial charge < -0.3 is 11.1 Å². The summed E-state index contributed by atoms with van der Waals surface area (Å²) in [7, 11) is 0. The van der Waals surface area contributed by atoms with Crippen LogP contribution in [0.15, 0.2) is 18.3 Å². The van der Waals surface area contributed by atoms with E-state index in [1.54, 1.807) is 12.3 Å². The molecule has 1 aromatic heterocycles. The molecule has 2 rings (SSSR count). The Morgan fingerprint density at radius 2 is 2.25 bits per heavy atom. The Bertz CT molecular complexity index is 326. The van der Waals surface area contributed by atoms with Crippen LogP contribution in [-0.4, -0.2) is 47.6 Å². The Morgan fingerprint density at radius 1 is 1.44 bits per heavy atom. The molecular formula is C11H18N4S. The number of nitrogen functional groups attached to an aromatic ring is 1. The van der Waals surface area contributed by atoms with E-state index in [1.807, 2.05) is 17.8 Å². The summed E-state index contributed by atoms with van der Waals surface area (Å²) < 4.78 is 0. The predicted molar refractivity (Wildman–Crippen MR) is 70.9 cm³/mol. The molecule has 0 amide bonds. The molecule has 1 saturated heterocycles. The first-order chi connectivity index (χ1) is 7.84. The minimum Gasteiger partial charge on any atom is -0.399 e. The number of pyridine rings is 1. The van der Waals surface area contributed by atoms with E-state index in [-0.39, 0.29) is 0 Å². The summed E-state index contributed by atoms with van der Waals surface area (Å²) in [6, 6.07) is 3.67. The van der Waals surface area contributed by atoms with Crippen molar-refractivity contribution in [3.8, 4) is 0 Å². The van der Waals surface area contributed by atoms with E-state index in [1.165, 1.54) is 24.6 Å². The molecule has 1 fully saturated rings. The summed E-state index contributed by atoms with van der Waals surface area (Å²) in [5.41, 5.74) is 6.44. The standard InChI is InChI=1S/C11H18N4S/c12-10-1-2-13-11(9-10)14-3-4-15-5-7-16-8-6-15/h1-2,9H,3-8H2,(H3,12,13,14). The second-order valence-corrected chi connectivity index (χ2v) is 5.08. The second kappa shape index (κ2) is 5.96. The van der Waals surface area contributed by atoms with Crippen molar-refractivity contribution in [1.29, 1.82) is 0 Å². The Balaban J connectivity index is 1.71. The highest BCUT2D eigenvalue weighted by Gasteiger charge is 2.09. The SMILES string of the molecule is Nc1ccnc(NCCN2CCSCC2)c1. The minimum absolute atomic E-state index is 0.756. The van der Waals surface area contributed by atoms with Crippen LogP contribution in [0, 0.1) is 0 Å². The van der Waals surface area contributed by atoms with Gasteiger partial charge in [-0.15, -0.1) is 0 Å². The van der Waals surface area contributed by atoms with Crippen molar-refractivity contribution in [3.05, 3.63) is 18.3 Å². The summed E-state index contributed by atoms with van der Waals surface area (Å²) in [5.74, 6) is 3.39. The fourth-order valence-corrected chi connectivity index (χ4v) is 2.69. The van der Waals surface area contributed by atoms with Gasteiger partial charge in [0.15, 0.2) is 0 Å². The smallest absolute Gasteiger partial charge is 0.127 e. The Labute approximate surface area is 101 Å². The molecule has 88 valence electrons. The molecule has 1 aliphatic rings. The monoisotopic (exact) mass is 238 g/mol. The molecule has 0 spiro atoms. The molecular weight excluding hydrogens is 220 g/mol. The van der Waals surface area contributed by atoms with Gasteiger partial charge in [-0.1, -0.05) is 0 Å². The highest BCUT2D eigenvalue weighted by molar-refractivity contribution is 7.99. The number of hydrogen-bond donors (Lipinski definition) is 2. The normalized spacial score (nSPS) is 17.2. The van der Waals surface area contributed by atoms with E-state index in [0.29, 0.717) is 0 Å². The number of nitrogens with two attached hydrogens (primary N) is 1. The molecule has 4 nitrogen and oxygen atoms in total. The lowest BCUT2D eigenvalue weighted by Gasteiger charge is -2.26. The molecule has 0 radical (unpaired) electrons. The van der Waals surface area contributed by atoms with Gasteiger partial charge in [-0.25, -0.2) is 4.98 Å². The molecule has 1 aliphatic heterocycles. The van der Waals surface area contributed by atoms with Gasteiger partial charge in [0, 0.05) is 55.6 Å². The van der Waals surface area contributed by atoms with Gasteiger partial charge in [-0.05, 0) is 6.07 Å². The van der Waals surface area contributed by atoms with Crippen LogP contribution in [0.4, 0.5) is 11.5 Å². The van der Waals surface area contributed by atoms with Gasteiger partial charge in [0.05, 0.1) is 0 Å². The fourth-order valence-electron chi connectivity index (χ4n) is 1.71. The quantitative estimate of drug-likeness (QED) is 0.823. The van der Waals surface area contributed by atoms with E-state index < -0.39 is 0 Å². The van der Waals surface area contributed by atoms with Crippen LogP contribution in [0.2, 0.25) is 0 Å². The second-order valence-electron chi connectivity index (χ2n) is 3.86. The van der Waals surface area contributed by atoms with Crippen LogP contribution < -0.4 is 11.1 Å². The molecule has 0 saturated carbocycles. The van der Waals surface area contributed by atoms with Crippen molar-refractivity contribution < 1.29 is 0 Å². The third kappa shape index (κ3) is 3.57. The van der Waals surface area contributed by atoms with E-state index in [9.17, 15) is 0 Å². The molecule has 0 bridgehead atoms. The summed E-state index contributed by atoms with van der Waals surface area (Å²) in [6.45, 7) is 4.42. The zero-order chi connectivity index (χ0) is 11.2. The van der Waals surface area contributed by atoms with Crippen molar-refractivity contribution in [2.24, 2.45) is 0 Å². The van der Waals surface area contributed by atoms with Crippen LogP contribution >= 0.6 is 11.8 Å². The molecule has 0 unspecified atom stereocenters. The topological polar surface area (TPSA) is 54.2 Å². The lowest BCUT2D eigenvalue weighted by Crippen LogP contribution is -2.36. The molecule has 5 heteroatoms. The number of nitrogens with one attached hydrogen (secondary N) is 1. The maximum Gasteiger partial charge on any atom is 0.127 e. The third-order valence-electron chi connectivity index (χ3n) is 2.62. The first-order valence-electron chi connectivity index (χ1n) is 5.60. The first kappa shape index (κ1) is 11.5. The molecule has 1 aromatic rings. The van der Waals surface area contributed by atoms with Crippen LogP contribution in [0.25, 0.3) is 0 Å². The average Bonchev–Trinajstić information content (AvgIpc) is 2.30. The van der Waals surface area contributed by atoms with Crippen molar-refractivity contribution in [2.45, 2.75) is 0 Å². The van der Waals surface area contributed by atoms with Gasteiger partial charge in [-0.3, -0.25) is 4.90 Å². The molecule has 0 atom stereocenters. The van der Waals surface area contributed by atoms with Crippen molar-refractivity contribution in [2.75, 3.05) is 48.7 Å². The number of aromatic nitrogens is 1. The van der Waals surface area contributed by atoms with E-state index in [2.05, 4.69) is 15.2 Å². The summed E-state index contributed by atoms with van der Waals surface area (Å²) >= 11 is 2.04. The van der Waals surface area contributed by atoms with Crippen LogP contribution in [0.3, 0.4) is 0 Å². The largest absolute Gasteiger partial charge is 0.399 e. The van der Waals surface area contributed by atoms with Gasteiger partial charge in [0.25, 0.3) is 0 Å². The lowest BCUT2D eigenvalue weighted by molar-refractivity contribution is 0.314. The minimum atomic E-state index is 0.756. The predicted octanol–water partition coefficient (Wildman–Crippen LogP) is 1.12. The summed E-state index contributed by atoms with van der Waals surface area (Å²) in [6.07, 6.45) is 1.73. The third-order valence-corrected chi connectivity index (χ3v) is 3.56. The Hall–Kier alpha value is -0.940. The molecule has 3 N–H and O–H groups in total. The van der Waals surface area contributed by atoms with Crippen molar-refractivity contribution in [1.82, 2.24) is 9.88 Å². The number of thioether (sulfide) groups is 1. The van der Waals surface area contributed by atoms with E-state index in [0.717, 1.165) is 24.6 Å². The van der Waals surface area contributed by atoms with Crippen molar-refractivity contribution in [3.63, 3.8) is 0 Å². The number of anilines is 2. The van der Waals surface area contributed by atoms with Gasteiger partial charge >= 0.3 is 0 Å². The number of nitrogens with zero attached hydrogens (tertiary/aromatic N) is 2. The Morgan fingerprint density at radius 3 is 3.00 bits per heavy atom. The van der Waals surface area contributed by atoms with Crippen LogP contribution in [0.1, 0.15) is 0 Å². The summed E-state index contributed by atoms with van der Waals surface area (Å²) in [5, 5.41) is 3.29.